The third-order valence-electron chi connectivity index (χ3n) is 3.07. The summed E-state index contributed by atoms with van der Waals surface area (Å²) in [5.74, 6) is 0. The van der Waals surface area contributed by atoms with Crippen LogP contribution in [0.5, 0.6) is 0 Å². The summed E-state index contributed by atoms with van der Waals surface area (Å²) in [4.78, 5) is 4.30. The van der Waals surface area contributed by atoms with Crippen LogP contribution in [0.15, 0.2) is 30.6 Å². The van der Waals surface area contributed by atoms with Crippen LogP contribution < -0.4 is 5.32 Å². The highest BCUT2D eigenvalue weighted by Crippen LogP contribution is 2.23. The van der Waals surface area contributed by atoms with Crippen molar-refractivity contribution in [2.45, 2.75) is 13.1 Å². The average Bonchev–Trinajstić information content (AvgIpc) is 2.90. The van der Waals surface area contributed by atoms with E-state index in [0.29, 0.717) is 0 Å². The predicted molar refractivity (Wildman–Crippen MR) is 65.4 cm³/mol. The molecule has 82 valence electrons. The van der Waals surface area contributed by atoms with E-state index in [1.165, 1.54) is 16.3 Å². The monoisotopic (exact) mass is 214 g/mol. The molecule has 0 aliphatic heterocycles. The zero-order valence-electron chi connectivity index (χ0n) is 9.36. The maximum Gasteiger partial charge on any atom is 0.0967 e. The van der Waals surface area contributed by atoms with Crippen molar-refractivity contribution in [3.05, 3.63) is 30.6 Å². The molecular formula is C12H14N4. The van der Waals surface area contributed by atoms with Gasteiger partial charge >= 0.3 is 0 Å². The summed E-state index contributed by atoms with van der Waals surface area (Å²) in [6.07, 6.45) is 4.11. The Morgan fingerprint density at radius 3 is 3.06 bits per heavy atom. The van der Waals surface area contributed by atoms with Crippen LogP contribution in [-0.4, -0.2) is 21.8 Å². The molecule has 0 aliphatic carbocycles. The lowest BCUT2D eigenvalue weighted by molar-refractivity contribution is 0.446. The van der Waals surface area contributed by atoms with Crippen LogP contribution in [0.4, 0.5) is 0 Å². The Labute approximate surface area is 93.3 Å². The Bertz CT molecular complexity index is 635. The second-order valence-corrected chi connectivity index (χ2v) is 4.02. The number of hydrogen-bond acceptors (Lipinski definition) is 2. The molecule has 4 nitrogen and oxygen atoms in total. The summed E-state index contributed by atoms with van der Waals surface area (Å²) in [5.41, 5.74) is 2.25. The first-order valence-corrected chi connectivity index (χ1v) is 5.41. The lowest BCUT2D eigenvalue weighted by atomic mass is 10.2. The van der Waals surface area contributed by atoms with Crippen LogP contribution in [0.3, 0.4) is 0 Å². The molecule has 4 heteroatoms. The molecule has 0 saturated carbocycles. The first-order chi connectivity index (χ1) is 7.79. The van der Waals surface area contributed by atoms with Crippen molar-refractivity contribution in [1.82, 2.24) is 20.1 Å². The molecule has 0 aliphatic rings. The third-order valence-corrected chi connectivity index (χ3v) is 3.07. The van der Waals surface area contributed by atoms with E-state index in [1.807, 2.05) is 25.5 Å². The van der Waals surface area contributed by atoms with E-state index < -0.39 is 0 Å². The molecule has 2 aromatic heterocycles. The van der Waals surface area contributed by atoms with Crippen molar-refractivity contribution in [1.29, 1.82) is 0 Å². The van der Waals surface area contributed by atoms with Gasteiger partial charge in [0.25, 0.3) is 0 Å². The molecular weight excluding hydrogens is 200 g/mol. The van der Waals surface area contributed by atoms with Gasteiger partial charge in [0.05, 0.1) is 17.2 Å². The first-order valence-electron chi connectivity index (χ1n) is 5.41. The number of benzene rings is 1. The molecule has 1 aromatic carbocycles. The fraction of sp³-hybridized carbons (Fsp3) is 0.250. The third kappa shape index (κ3) is 1.23. The van der Waals surface area contributed by atoms with Crippen molar-refractivity contribution in [3.63, 3.8) is 0 Å². The second-order valence-electron chi connectivity index (χ2n) is 4.02. The number of nitrogens with zero attached hydrogens (tertiary/aromatic N) is 2. The van der Waals surface area contributed by atoms with Crippen LogP contribution in [0.1, 0.15) is 13.1 Å². The van der Waals surface area contributed by atoms with E-state index in [-0.39, 0.29) is 6.17 Å². The Morgan fingerprint density at radius 1 is 1.38 bits per heavy atom. The largest absolute Gasteiger partial charge is 0.304 e. The van der Waals surface area contributed by atoms with E-state index >= 15 is 0 Å². The maximum atomic E-state index is 4.30. The number of aromatic nitrogens is 3. The molecule has 16 heavy (non-hydrogen) atoms. The molecule has 0 fully saturated rings. The predicted octanol–water partition coefficient (Wildman–Crippen LogP) is 2.26. The van der Waals surface area contributed by atoms with Crippen molar-refractivity contribution >= 4 is 21.8 Å². The van der Waals surface area contributed by atoms with Gasteiger partial charge in [-0.05, 0) is 32.2 Å². The Balaban J connectivity index is 2.31. The minimum atomic E-state index is 0.248. The van der Waals surface area contributed by atoms with Gasteiger partial charge < -0.3 is 5.10 Å². The number of H-pyrrole nitrogens is 1. The van der Waals surface area contributed by atoms with Crippen LogP contribution in [0.2, 0.25) is 0 Å². The van der Waals surface area contributed by atoms with E-state index in [9.17, 15) is 0 Å². The van der Waals surface area contributed by atoms with Crippen LogP contribution >= 0.6 is 0 Å². The highest BCUT2D eigenvalue weighted by molar-refractivity contribution is 5.94. The molecule has 2 N–H and O–H groups in total. The SMILES string of the molecule is CNC(C)n1[nH]cc2cc3nccc3cc21. The number of fused-ring (bicyclic) bond motifs is 2. The topological polar surface area (TPSA) is 45.6 Å². The number of aromatic amines is 1. The molecule has 3 aromatic rings. The van der Waals surface area contributed by atoms with Crippen molar-refractivity contribution in [2.75, 3.05) is 7.05 Å². The molecule has 0 radical (unpaired) electrons. The average molecular weight is 214 g/mol. The minimum Gasteiger partial charge on any atom is -0.304 e. The summed E-state index contributed by atoms with van der Waals surface area (Å²) < 4.78 is 2.11. The lowest BCUT2D eigenvalue weighted by Gasteiger charge is -2.13. The summed E-state index contributed by atoms with van der Waals surface area (Å²) in [6, 6.07) is 6.32. The highest BCUT2D eigenvalue weighted by Gasteiger charge is 2.08. The van der Waals surface area contributed by atoms with E-state index in [0.717, 1.165) is 5.52 Å². The van der Waals surface area contributed by atoms with E-state index in [4.69, 9.17) is 0 Å². The summed E-state index contributed by atoms with van der Waals surface area (Å²) in [5, 5.41) is 8.85. The number of nitrogens with one attached hydrogen (secondary N) is 2. The minimum absolute atomic E-state index is 0.248. The second kappa shape index (κ2) is 3.35. The number of rotatable bonds is 2. The van der Waals surface area contributed by atoms with Crippen molar-refractivity contribution in [2.24, 2.45) is 0 Å². The summed E-state index contributed by atoms with van der Waals surface area (Å²) in [7, 11) is 1.95. The molecule has 2 heterocycles. The normalized spacial score (nSPS) is 13.6. The standard InChI is InChI=1S/C12H14N4/c1-8(13-2)16-12-6-9-3-4-14-11(9)5-10(12)7-15-16/h3-8,13,15H,1-2H3. The van der Waals surface area contributed by atoms with Gasteiger partial charge in [-0.25, -0.2) is 0 Å². The molecule has 0 bridgehead atoms. The van der Waals surface area contributed by atoms with Crippen LogP contribution in [-0.2, 0) is 0 Å². The molecule has 0 spiro atoms. The van der Waals surface area contributed by atoms with Crippen molar-refractivity contribution < 1.29 is 0 Å². The maximum absolute atomic E-state index is 4.30. The zero-order chi connectivity index (χ0) is 11.1. The zero-order valence-corrected chi connectivity index (χ0v) is 9.36. The molecule has 1 atom stereocenters. The van der Waals surface area contributed by atoms with Gasteiger partial charge in [-0.2, -0.15) is 0 Å². The molecule has 0 saturated heterocycles. The van der Waals surface area contributed by atoms with Gasteiger partial charge in [-0.3, -0.25) is 15.0 Å². The summed E-state index contributed by atoms with van der Waals surface area (Å²) >= 11 is 0. The molecule has 0 amide bonds. The summed E-state index contributed by atoms with van der Waals surface area (Å²) in [6.45, 7) is 2.11. The van der Waals surface area contributed by atoms with Gasteiger partial charge in [-0.1, -0.05) is 0 Å². The molecule has 3 rings (SSSR count). The van der Waals surface area contributed by atoms with Crippen molar-refractivity contribution in [3.8, 4) is 0 Å². The Hall–Kier alpha value is -1.81. The first kappa shape index (κ1) is 9.42. The van der Waals surface area contributed by atoms with E-state index in [1.54, 1.807) is 0 Å². The quantitative estimate of drug-likeness (QED) is 0.687. The van der Waals surface area contributed by atoms with Gasteiger partial charge in [0.1, 0.15) is 0 Å². The smallest absolute Gasteiger partial charge is 0.0967 e. The van der Waals surface area contributed by atoms with Gasteiger partial charge in [0, 0.05) is 23.2 Å². The lowest BCUT2D eigenvalue weighted by Crippen LogP contribution is -2.20. The van der Waals surface area contributed by atoms with Crippen LogP contribution in [0, 0.1) is 0 Å². The number of hydrogen-bond donors (Lipinski definition) is 2. The van der Waals surface area contributed by atoms with Gasteiger partial charge in [0.2, 0.25) is 0 Å². The van der Waals surface area contributed by atoms with Crippen LogP contribution in [0.25, 0.3) is 21.8 Å². The molecule has 1 unspecified atom stereocenters. The Kier molecular flexibility index (Phi) is 1.97. The van der Waals surface area contributed by atoms with Gasteiger partial charge in [-0.15, -0.1) is 0 Å². The van der Waals surface area contributed by atoms with Gasteiger partial charge in [0.15, 0.2) is 0 Å². The highest BCUT2D eigenvalue weighted by atomic mass is 15.3. The fourth-order valence-corrected chi connectivity index (χ4v) is 2.03. The fourth-order valence-electron chi connectivity index (χ4n) is 2.03. The van der Waals surface area contributed by atoms with E-state index in [2.05, 4.69) is 39.1 Å². The Morgan fingerprint density at radius 2 is 2.25 bits per heavy atom.